The zero-order valence-electron chi connectivity index (χ0n) is 12.3. The van der Waals surface area contributed by atoms with Crippen molar-refractivity contribution in [1.82, 2.24) is 4.90 Å². The number of unbranched alkanes of at least 4 members (excludes halogenated alkanes) is 2. The minimum atomic E-state index is -0.396. The fourth-order valence-electron chi connectivity index (χ4n) is 2.14. The second-order valence-electron chi connectivity index (χ2n) is 4.89. The van der Waals surface area contributed by atoms with Gasteiger partial charge in [-0.05, 0) is 44.5 Å². The molecule has 1 aromatic carbocycles. The first-order valence-corrected chi connectivity index (χ1v) is 6.85. The highest BCUT2D eigenvalue weighted by molar-refractivity contribution is 5.96. The molecule has 0 saturated carbocycles. The van der Waals surface area contributed by atoms with Crippen LogP contribution in [0.1, 0.15) is 35.2 Å². The quantitative estimate of drug-likeness (QED) is 0.430. The summed E-state index contributed by atoms with van der Waals surface area (Å²) < 4.78 is 4.79. The minimum Gasteiger partial charge on any atom is -0.465 e. The van der Waals surface area contributed by atoms with Crippen LogP contribution in [0.5, 0.6) is 0 Å². The molecule has 0 aliphatic rings. The second-order valence-corrected chi connectivity index (χ2v) is 4.89. The maximum absolute atomic E-state index is 11.8. The van der Waals surface area contributed by atoms with Crippen LogP contribution < -0.4 is 5.73 Å². The number of aliphatic hydroxyl groups excluding tert-OH is 1. The average molecular weight is 280 g/mol. The Balaban J connectivity index is 2.67. The van der Waals surface area contributed by atoms with Crippen molar-refractivity contribution in [1.29, 1.82) is 0 Å². The number of hydrogen-bond acceptors (Lipinski definition) is 5. The van der Waals surface area contributed by atoms with Crippen LogP contribution in [0.15, 0.2) is 18.2 Å². The van der Waals surface area contributed by atoms with E-state index in [1.165, 1.54) is 7.11 Å². The SMILES string of the molecule is COC(=O)c1c(N)cccc1CN(C)CCCCCO. The van der Waals surface area contributed by atoms with Gasteiger partial charge in [-0.1, -0.05) is 12.1 Å². The van der Waals surface area contributed by atoms with E-state index in [1.54, 1.807) is 6.07 Å². The first-order valence-electron chi connectivity index (χ1n) is 6.85. The van der Waals surface area contributed by atoms with Gasteiger partial charge in [-0.15, -0.1) is 0 Å². The van der Waals surface area contributed by atoms with Crippen molar-refractivity contribution >= 4 is 11.7 Å². The Morgan fingerprint density at radius 1 is 1.35 bits per heavy atom. The summed E-state index contributed by atoms with van der Waals surface area (Å²) >= 11 is 0. The molecule has 5 nitrogen and oxygen atoms in total. The van der Waals surface area contributed by atoms with Crippen LogP contribution in [-0.2, 0) is 11.3 Å². The van der Waals surface area contributed by atoms with E-state index in [0.717, 1.165) is 31.4 Å². The van der Waals surface area contributed by atoms with E-state index < -0.39 is 5.97 Å². The summed E-state index contributed by atoms with van der Waals surface area (Å²) in [7, 11) is 3.36. The maximum Gasteiger partial charge on any atom is 0.340 e. The van der Waals surface area contributed by atoms with Crippen molar-refractivity contribution in [3.05, 3.63) is 29.3 Å². The van der Waals surface area contributed by atoms with Crippen molar-refractivity contribution in [2.75, 3.05) is 33.0 Å². The Kier molecular flexibility index (Phi) is 7.04. The highest BCUT2D eigenvalue weighted by Gasteiger charge is 2.16. The predicted octanol–water partition coefficient (Wildman–Crippen LogP) is 1.65. The minimum absolute atomic E-state index is 0.241. The molecule has 20 heavy (non-hydrogen) atoms. The molecule has 3 N–H and O–H groups in total. The van der Waals surface area contributed by atoms with E-state index in [0.29, 0.717) is 17.8 Å². The van der Waals surface area contributed by atoms with Gasteiger partial charge in [0.25, 0.3) is 0 Å². The molecule has 5 heteroatoms. The fourth-order valence-corrected chi connectivity index (χ4v) is 2.14. The molecule has 0 aliphatic carbocycles. The monoisotopic (exact) mass is 280 g/mol. The number of nitrogens with zero attached hydrogens (tertiary/aromatic N) is 1. The molecule has 0 fully saturated rings. The van der Waals surface area contributed by atoms with Crippen LogP contribution in [0, 0.1) is 0 Å². The zero-order valence-corrected chi connectivity index (χ0v) is 12.3. The average Bonchev–Trinajstić information content (AvgIpc) is 2.43. The fraction of sp³-hybridized carbons (Fsp3) is 0.533. The molecule has 0 aromatic heterocycles. The lowest BCUT2D eigenvalue weighted by molar-refractivity contribution is 0.0599. The number of nitrogen functional groups attached to an aromatic ring is 1. The van der Waals surface area contributed by atoms with Crippen molar-refractivity contribution in [2.24, 2.45) is 0 Å². The summed E-state index contributed by atoms with van der Waals surface area (Å²) in [6.07, 6.45) is 2.86. The molecule has 1 aromatic rings. The molecule has 0 amide bonds. The third kappa shape index (κ3) is 4.83. The highest BCUT2D eigenvalue weighted by atomic mass is 16.5. The van der Waals surface area contributed by atoms with Gasteiger partial charge in [0.2, 0.25) is 0 Å². The van der Waals surface area contributed by atoms with Crippen LogP contribution in [-0.4, -0.2) is 43.3 Å². The van der Waals surface area contributed by atoms with E-state index in [-0.39, 0.29) is 6.61 Å². The summed E-state index contributed by atoms with van der Waals surface area (Å²) in [4.78, 5) is 13.9. The zero-order chi connectivity index (χ0) is 15.0. The molecule has 0 spiro atoms. The van der Waals surface area contributed by atoms with E-state index in [9.17, 15) is 4.79 Å². The van der Waals surface area contributed by atoms with Gasteiger partial charge in [-0.2, -0.15) is 0 Å². The Morgan fingerprint density at radius 3 is 2.75 bits per heavy atom. The summed E-state index contributed by atoms with van der Waals surface area (Å²) in [5.74, 6) is -0.396. The highest BCUT2D eigenvalue weighted by Crippen LogP contribution is 2.19. The van der Waals surface area contributed by atoms with Gasteiger partial charge in [0.15, 0.2) is 0 Å². The lowest BCUT2D eigenvalue weighted by Crippen LogP contribution is -2.21. The van der Waals surface area contributed by atoms with Crippen LogP contribution in [0.25, 0.3) is 0 Å². The molecule has 112 valence electrons. The van der Waals surface area contributed by atoms with Crippen LogP contribution in [0.4, 0.5) is 5.69 Å². The number of rotatable bonds is 8. The molecule has 0 aliphatic heterocycles. The lowest BCUT2D eigenvalue weighted by atomic mass is 10.0. The molecule has 0 atom stereocenters. The predicted molar refractivity (Wildman–Crippen MR) is 79.5 cm³/mol. The van der Waals surface area contributed by atoms with Crippen molar-refractivity contribution < 1.29 is 14.6 Å². The number of hydrogen-bond donors (Lipinski definition) is 2. The number of ether oxygens (including phenoxy) is 1. The molecule has 0 saturated heterocycles. The molecule has 1 rings (SSSR count). The number of methoxy groups -OCH3 is 1. The number of anilines is 1. The first kappa shape index (κ1) is 16.5. The largest absolute Gasteiger partial charge is 0.465 e. The van der Waals surface area contributed by atoms with E-state index >= 15 is 0 Å². The molecule has 0 radical (unpaired) electrons. The summed E-state index contributed by atoms with van der Waals surface area (Å²) in [6.45, 7) is 1.80. The molecular weight excluding hydrogens is 256 g/mol. The number of nitrogens with two attached hydrogens (primary N) is 1. The number of carbonyl (C=O) groups excluding carboxylic acids is 1. The van der Waals surface area contributed by atoms with Crippen molar-refractivity contribution in [3.8, 4) is 0 Å². The summed E-state index contributed by atoms with van der Waals surface area (Å²) in [5.41, 5.74) is 7.65. The Bertz CT molecular complexity index is 435. The van der Waals surface area contributed by atoms with Gasteiger partial charge in [-0.3, -0.25) is 0 Å². The Morgan fingerprint density at radius 2 is 2.10 bits per heavy atom. The van der Waals surface area contributed by atoms with Gasteiger partial charge in [0.05, 0.1) is 12.7 Å². The number of carbonyl (C=O) groups is 1. The Hall–Kier alpha value is -1.59. The summed E-state index contributed by atoms with van der Waals surface area (Å²) in [6, 6.07) is 5.44. The normalized spacial score (nSPS) is 10.8. The number of esters is 1. The summed E-state index contributed by atoms with van der Waals surface area (Å²) in [5, 5.41) is 8.74. The third-order valence-corrected chi connectivity index (χ3v) is 3.21. The van der Waals surface area contributed by atoms with E-state index in [4.69, 9.17) is 15.6 Å². The smallest absolute Gasteiger partial charge is 0.340 e. The van der Waals surface area contributed by atoms with Crippen molar-refractivity contribution in [2.45, 2.75) is 25.8 Å². The number of benzene rings is 1. The molecule has 0 heterocycles. The second kappa shape index (κ2) is 8.55. The topological polar surface area (TPSA) is 75.8 Å². The van der Waals surface area contributed by atoms with E-state index in [2.05, 4.69) is 4.90 Å². The molecular formula is C15H24N2O3. The van der Waals surface area contributed by atoms with Gasteiger partial charge >= 0.3 is 5.97 Å². The number of aliphatic hydroxyl groups is 1. The van der Waals surface area contributed by atoms with Crippen LogP contribution in [0.2, 0.25) is 0 Å². The third-order valence-electron chi connectivity index (χ3n) is 3.21. The van der Waals surface area contributed by atoms with Crippen molar-refractivity contribution in [3.63, 3.8) is 0 Å². The standard InChI is InChI=1S/C15H24N2O3/c1-17(9-4-3-5-10-18)11-12-7-6-8-13(16)14(12)15(19)20-2/h6-8,18H,3-5,9-11,16H2,1-2H3. The Labute approximate surface area is 120 Å². The van der Waals surface area contributed by atoms with Gasteiger partial charge in [0, 0.05) is 18.8 Å². The van der Waals surface area contributed by atoms with Crippen LogP contribution >= 0.6 is 0 Å². The van der Waals surface area contributed by atoms with Crippen LogP contribution in [0.3, 0.4) is 0 Å². The van der Waals surface area contributed by atoms with Gasteiger partial charge < -0.3 is 20.5 Å². The molecule has 0 bridgehead atoms. The van der Waals surface area contributed by atoms with Gasteiger partial charge in [0.1, 0.15) is 0 Å². The maximum atomic E-state index is 11.8. The van der Waals surface area contributed by atoms with E-state index in [1.807, 2.05) is 19.2 Å². The molecule has 0 unspecified atom stereocenters. The lowest BCUT2D eigenvalue weighted by Gasteiger charge is -2.19. The van der Waals surface area contributed by atoms with Gasteiger partial charge in [-0.25, -0.2) is 4.79 Å². The first-order chi connectivity index (χ1) is 9.60.